The zero-order valence-corrected chi connectivity index (χ0v) is 12.5. The molecule has 1 aromatic rings. The highest BCUT2D eigenvalue weighted by Gasteiger charge is 2.10. The number of para-hydroxylation sites is 1. The van der Waals surface area contributed by atoms with Crippen LogP contribution < -0.4 is 15.8 Å². The molecular formula is C14H23ClN2O3. The molecule has 0 bridgehead atoms. The number of halogens is 1. The molecule has 3 N–H and O–H groups in total. The van der Waals surface area contributed by atoms with E-state index in [-0.39, 0.29) is 24.4 Å². The van der Waals surface area contributed by atoms with Crippen LogP contribution in [-0.4, -0.2) is 38.8 Å². The van der Waals surface area contributed by atoms with Gasteiger partial charge < -0.3 is 20.5 Å². The van der Waals surface area contributed by atoms with E-state index in [4.69, 9.17) is 15.2 Å². The number of nitrogens with one attached hydrogen (secondary N) is 1. The number of amides is 1. The SMILES string of the molecule is COC(CN)CC(=O)NCCCOc1ccccc1.Cl. The fourth-order valence-electron chi connectivity index (χ4n) is 1.55. The molecule has 1 unspecified atom stereocenters. The largest absolute Gasteiger partial charge is 0.494 e. The molecule has 0 aliphatic carbocycles. The van der Waals surface area contributed by atoms with Gasteiger partial charge in [0.15, 0.2) is 0 Å². The van der Waals surface area contributed by atoms with Crippen molar-refractivity contribution in [1.29, 1.82) is 0 Å². The van der Waals surface area contributed by atoms with Gasteiger partial charge in [0.2, 0.25) is 5.91 Å². The lowest BCUT2D eigenvalue weighted by Crippen LogP contribution is -2.33. The molecule has 20 heavy (non-hydrogen) atoms. The summed E-state index contributed by atoms with van der Waals surface area (Å²) in [6, 6.07) is 9.60. The molecule has 0 radical (unpaired) electrons. The molecule has 114 valence electrons. The number of methoxy groups -OCH3 is 1. The van der Waals surface area contributed by atoms with Crippen molar-refractivity contribution in [3.63, 3.8) is 0 Å². The maximum Gasteiger partial charge on any atom is 0.222 e. The molecule has 0 saturated carbocycles. The molecule has 1 rings (SSSR count). The van der Waals surface area contributed by atoms with Gasteiger partial charge in [-0.25, -0.2) is 0 Å². The Bertz CT molecular complexity index is 359. The first-order chi connectivity index (χ1) is 9.26. The standard InChI is InChI=1S/C14H22N2O3.ClH/c1-18-13(11-15)10-14(17)16-8-5-9-19-12-6-3-2-4-7-12;/h2-4,6-7,13H,5,8-11,15H2,1H3,(H,16,17);1H. The minimum Gasteiger partial charge on any atom is -0.494 e. The molecule has 0 aliphatic heterocycles. The normalized spacial score (nSPS) is 11.3. The van der Waals surface area contributed by atoms with Crippen LogP contribution in [0.3, 0.4) is 0 Å². The van der Waals surface area contributed by atoms with Crippen LogP contribution in [0.5, 0.6) is 5.75 Å². The first-order valence-corrected chi connectivity index (χ1v) is 6.43. The van der Waals surface area contributed by atoms with E-state index >= 15 is 0 Å². The van der Waals surface area contributed by atoms with Crippen molar-refractivity contribution >= 4 is 18.3 Å². The third kappa shape index (κ3) is 7.99. The van der Waals surface area contributed by atoms with Gasteiger partial charge >= 0.3 is 0 Å². The summed E-state index contributed by atoms with van der Waals surface area (Å²) in [7, 11) is 1.55. The number of benzene rings is 1. The third-order valence-electron chi connectivity index (χ3n) is 2.66. The van der Waals surface area contributed by atoms with Crippen molar-refractivity contribution in [2.24, 2.45) is 5.73 Å². The molecule has 0 spiro atoms. The Morgan fingerprint density at radius 1 is 1.35 bits per heavy atom. The van der Waals surface area contributed by atoms with E-state index in [0.29, 0.717) is 26.1 Å². The number of carbonyl (C=O) groups is 1. The Morgan fingerprint density at radius 2 is 2.05 bits per heavy atom. The Hall–Kier alpha value is -1.30. The minimum atomic E-state index is -0.208. The predicted molar refractivity (Wildman–Crippen MR) is 81.3 cm³/mol. The molecular weight excluding hydrogens is 280 g/mol. The minimum absolute atomic E-state index is 0. The number of hydrogen-bond acceptors (Lipinski definition) is 4. The lowest BCUT2D eigenvalue weighted by molar-refractivity contribution is -0.123. The van der Waals surface area contributed by atoms with Gasteiger partial charge in [-0.05, 0) is 18.6 Å². The van der Waals surface area contributed by atoms with Crippen LogP contribution in [-0.2, 0) is 9.53 Å². The van der Waals surface area contributed by atoms with Crippen molar-refractivity contribution in [2.75, 3.05) is 26.8 Å². The van der Waals surface area contributed by atoms with Gasteiger partial charge in [0.25, 0.3) is 0 Å². The van der Waals surface area contributed by atoms with E-state index in [9.17, 15) is 4.79 Å². The second-order valence-corrected chi connectivity index (χ2v) is 4.16. The van der Waals surface area contributed by atoms with Crippen molar-refractivity contribution < 1.29 is 14.3 Å². The number of ether oxygens (including phenoxy) is 2. The first-order valence-electron chi connectivity index (χ1n) is 6.43. The number of rotatable bonds is 9. The van der Waals surface area contributed by atoms with Crippen molar-refractivity contribution in [3.8, 4) is 5.75 Å². The topological polar surface area (TPSA) is 73.6 Å². The average molecular weight is 303 g/mol. The van der Waals surface area contributed by atoms with Crippen LogP contribution >= 0.6 is 12.4 Å². The molecule has 0 heterocycles. The first kappa shape index (κ1) is 18.7. The van der Waals surface area contributed by atoms with E-state index in [1.807, 2.05) is 30.3 Å². The van der Waals surface area contributed by atoms with Crippen LogP contribution in [0.15, 0.2) is 30.3 Å². The maximum atomic E-state index is 11.5. The Balaban J connectivity index is 0.00000361. The summed E-state index contributed by atoms with van der Waals surface area (Å²) in [5.74, 6) is 0.799. The predicted octanol–water partition coefficient (Wildman–Crippen LogP) is 1.36. The smallest absolute Gasteiger partial charge is 0.222 e. The van der Waals surface area contributed by atoms with Crippen molar-refractivity contribution in [3.05, 3.63) is 30.3 Å². The summed E-state index contributed by atoms with van der Waals surface area (Å²) < 4.78 is 10.6. The summed E-state index contributed by atoms with van der Waals surface area (Å²) in [6.07, 6.45) is 0.855. The van der Waals surface area contributed by atoms with Crippen LogP contribution in [0.4, 0.5) is 0 Å². The second kappa shape index (κ2) is 11.5. The Morgan fingerprint density at radius 3 is 2.65 bits per heavy atom. The van der Waals surface area contributed by atoms with Crippen LogP contribution in [0, 0.1) is 0 Å². The molecule has 6 heteroatoms. The quantitative estimate of drug-likeness (QED) is 0.676. The highest BCUT2D eigenvalue weighted by atomic mass is 35.5. The van der Waals surface area contributed by atoms with Crippen molar-refractivity contribution in [1.82, 2.24) is 5.32 Å². The Labute approximate surface area is 126 Å². The van der Waals surface area contributed by atoms with Crippen LogP contribution in [0.25, 0.3) is 0 Å². The lowest BCUT2D eigenvalue weighted by Gasteiger charge is -2.12. The summed E-state index contributed by atoms with van der Waals surface area (Å²) in [5, 5.41) is 2.81. The van der Waals surface area contributed by atoms with Gasteiger partial charge in [0, 0.05) is 20.2 Å². The zero-order valence-electron chi connectivity index (χ0n) is 11.7. The summed E-state index contributed by atoms with van der Waals surface area (Å²) >= 11 is 0. The number of carbonyl (C=O) groups excluding carboxylic acids is 1. The second-order valence-electron chi connectivity index (χ2n) is 4.16. The van der Waals surface area contributed by atoms with Crippen LogP contribution in [0.2, 0.25) is 0 Å². The molecule has 1 atom stereocenters. The van der Waals surface area contributed by atoms with E-state index in [1.54, 1.807) is 7.11 Å². The summed E-state index contributed by atoms with van der Waals surface area (Å²) in [6.45, 7) is 1.52. The molecule has 5 nitrogen and oxygen atoms in total. The lowest BCUT2D eigenvalue weighted by atomic mass is 10.2. The molecule has 1 amide bonds. The van der Waals surface area contributed by atoms with Crippen molar-refractivity contribution in [2.45, 2.75) is 18.9 Å². The van der Waals surface area contributed by atoms with E-state index in [0.717, 1.165) is 12.2 Å². The molecule has 0 aromatic heterocycles. The molecule has 0 saturated heterocycles. The molecule has 1 aromatic carbocycles. The maximum absolute atomic E-state index is 11.5. The average Bonchev–Trinajstić information content (AvgIpc) is 2.45. The zero-order chi connectivity index (χ0) is 13.9. The Kier molecular flexibility index (Phi) is 10.8. The fourth-order valence-corrected chi connectivity index (χ4v) is 1.55. The van der Waals surface area contributed by atoms with E-state index < -0.39 is 0 Å². The van der Waals surface area contributed by atoms with Gasteiger partial charge in [0.05, 0.1) is 19.1 Å². The van der Waals surface area contributed by atoms with Gasteiger partial charge in [0.1, 0.15) is 5.75 Å². The third-order valence-corrected chi connectivity index (χ3v) is 2.66. The number of hydrogen-bond donors (Lipinski definition) is 2. The molecule has 0 aliphatic rings. The van der Waals surface area contributed by atoms with Gasteiger partial charge in [-0.15, -0.1) is 12.4 Å². The number of nitrogens with two attached hydrogens (primary N) is 1. The van der Waals surface area contributed by atoms with Crippen LogP contribution in [0.1, 0.15) is 12.8 Å². The highest BCUT2D eigenvalue weighted by Crippen LogP contribution is 2.08. The highest BCUT2D eigenvalue weighted by molar-refractivity contribution is 5.85. The van der Waals surface area contributed by atoms with Gasteiger partial charge in [-0.2, -0.15) is 0 Å². The molecule has 0 fully saturated rings. The summed E-state index contributed by atoms with van der Waals surface area (Å²) in [4.78, 5) is 11.5. The van der Waals surface area contributed by atoms with E-state index in [2.05, 4.69) is 5.32 Å². The van der Waals surface area contributed by atoms with Gasteiger partial charge in [-0.3, -0.25) is 4.79 Å². The monoisotopic (exact) mass is 302 g/mol. The summed E-state index contributed by atoms with van der Waals surface area (Å²) in [5.41, 5.74) is 5.45. The fraction of sp³-hybridized carbons (Fsp3) is 0.500. The van der Waals surface area contributed by atoms with E-state index in [1.165, 1.54) is 0 Å². The van der Waals surface area contributed by atoms with Gasteiger partial charge in [-0.1, -0.05) is 18.2 Å².